The highest BCUT2D eigenvalue weighted by molar-refractivity contribution is 6.30. The number of halogens is 1. The fourth-order valence-corrected chi connectivity index (χ4v) is 1.82. The van der Waals surface area contributed by atoms with Crippen LogP contribution < -0.4 is 15.5 Å². The van der Waals surface area contributed by atoms with Crippen LogP contribution in [0.2, 0.25) is 5.02 Å². The third-order valence-electron chi connectivity index (χ3n) is 2.64. The Kier molecular flexibility index (Phi) is 5.16. The van der Waals surface area contributed by atoms with Crippen LogP contribution in [0.3, 0.4) is 0 Å². The average Bonchev–Trinajstić information content (AvgIpc) is 2.45. The number of nitrogens with zero attached hydrogens (tertiary/aromatic N) is 4. The highest BCUT2D eigenvalue weighted by Gasteiger charge is 2.08. The molecule has 6 nitrogen and oxygen atoms in total. The van der Waals surface area contributed by atoms with E-state index >= 15 is 0 Å². The van der Waals surface area contributed by atoms with Gasteiger partial charge in [0.2, 0.25) is 17.8 Å². The van der Waals surface area contributed by atoms with Crippen molar-refractivity contribution in [1.82, 2.24) is 15.0 Å². The first-order valence-electron chi connectivity index (χ1n) is 6.78. The highest BCUT2D eigenvalue weighted by atomic mass is 35.5. The number of aromatic nitrogens is 3. The Hall–Kier alpha value is -2.08. The number of rotatable bonds is 6. The maximum atomic E-state index is 5.98. The Morgan fingerprint density at radius 2 is 1.90 bits per heavy atom. The Balaban J connectivity index is 2.26. The van der Waals surface area contributed by atoms with E-state index in [4.69, 9.17) is 11.6 Å². The van der Waals surface area contributed by atoms with Crippen molar-refractivity contribution in [2.45, 2.75) is 13.3 Å². The minimum Gasteiger partial charge on any atom is -0.354 e. The molecule has 1 heterocycles. The lowest BCUT2D eigenvalue weighted by Gasteiger charge is -2.14. The van der Waals surface area contributed by atoms with Crippen LogP contribution in [0.4, 0.5) is 23.5 Å². The van der Waals surface area contributed by atoms with Crippen LogP contribution in [0.25, 0.3) is 0 Å². The van der Waals surface area contributed by atoms with Gasteiger partial charge in [0, 0.05) is 31.4 Å². The topological polar surface area (TPSA) is 66.0 Å². The van der Waals surface area contributed by atoms with Gasteiger partial charge >= 0.3 is 0 Å². The number of benzene rings is 1. The molecule has 0 saturated heterocycles. The van der Waals surface area contributed by atoms with Crippen LogP contribution in [0.1, 0.15) is 13.3 Å². The molecule has 1 aromatic heterocycles. The van der Waals surface area contributed by atoms with E-state index in [2.05, 4.69) is 32.5 Å². The molecule has 0 fully saturated rings. The summed E-state index contributed by atoms with van der Waals surface area (Å²) in [5, 5.41) is 6.97. The van der Waals surface area contributed by atoms with Crippen LogP contribution >= 0.6 is 11.6 Å². The molecule has 0 radical (unpaired) electrons. The number of anilines is 4. The lowest BCUT2D eigenvalue weighted by Crippen LogP contribution is -2.16. The van der Waals surface area contributed by atoms with Gasteiger partial charge in [-0.2, -0.15) is 15.0 Å². The lowest BCUT2D eigenvalue weighted by molar-refractivity contribution is 0.919. The number of hydrogen-bond donors (Lipinski definition) is 2. The summed E-state index contributed by atoms with van der Waals surface area (Å²) in [6.07, 6.45) is 1.00. The minimum atomic E-state index is 0.481. The van der Waals surface area contributed by atoms with Gasteiger partial charge in [-0.15, -0.1) is 0 Å². The standard InChI is InChI=1S/C14H19ClN6/c1-4-8-16-12-18-13(20-14(19-12)21(2)3)17-11-7-5-6-10(15)9-11/h5-7,9H,4,8H2,1-3H3,(H2,16,17,18,19,20). The van der Waals surface area contributed by atoms with Gasteiger partial charge in [0.05, 0.1) is 0 Å². The highest BCUT2D eigenvalue weighted by Crippen LogP contribution is 2.19. The minimum absolute atomic E-state index is 0.481. The zero-order chi connectivity index (χ0) is 15.2. The molecule has 0 aliphatic heterocycles. The van der Waals surface area contributed by atoms with Crippen molar-refractivity contribution in [1.29, 1.82) is 0 Å². The van der Waals surface area contributed by atoms with E-state index in [0.717, 1.165) is 18.7 Å². The van der Waals surface area contributed by atoms with Crippen LogP contribution in [-0.2, 0) is 0 Å². The van der Waals surface area contributed by atoms with Gasteiger partial charge in [-0.05, 0) is 24.6 Å². The third-order valence-corrected chi connectivity index (χ3v) is 2.87. The maximum Gasteiger partial charge on any atom is 0.233 e. The van der Waals surface area contributed by atoms with Crippen molar-refractivity contribution < 1.29 is 0 Å². The Labute approximate surface area is 129 Å². The van der Waals surface area contributed by atoms with Gasteiger partial charge in [-0.25, -0.2) is 0 Å². The van der Waals surface area contributed by atoms with Gasteiger partial charge in [0.25, 0.3) is 0 Å². The molecule has 0 saturated carbocycles. The molecule has 2 aromatic rings. The predicted molar refractivity (Wildman–Crippen MR) is 87.7 cm³/mol. The summed E-state index contributed by atoms with van der Waals surface area (Å²) in [6.45, 7) is 2.90. The van der Waals surface area contributed by atoms with Gasteiger partial charge in [-0.1, -0.05) is 24.6 Å². The monoisotopic (exact) mass is 306 g/mol. The SMILES string of the molecule is CCCNc1nc(Nc2cccc(Cl)c2)nc(N(C)C)n1. The zero-order valence-corrected chi connectivity index (χ0v) is 13.1. The molecular weight excluding hydrogens is 288 g/mol. The lowest BCUT2D eigenvalue weighted by atomic mass is 10.3. The molecule has 0 unspecified atom stereocenters. The molecule has 21 heavy (non-hydrogen) atoms. The molecule has 2 rings (SSSR count). The van der Waals surface area contributed by atoms with Crippen molar-refractivity contribution >= 4 is 35.1 Å². The molecule has 0 aliphatic rings. The fourth-order valence-electron chi connectivity index (χ4n) is 1.63. The van der Waals surface area contributed by atoms with Gasteiger partial charge < -0.3 is 15.5 Å². The van der Waals surface area contributed by atoms with Crippen LogP contribution in [0.15, 0.2) is 24.3 Å². The summed E-state index contributed by atoms with van der Waals surface area (Å²) in [7, 11) is 3.78. The van der Waals surface area contributed by atoms with E-state index < -0.39 is 0 Å². The van der Waals surface area contributed by atoms with Crippen LogP contribution in [0.5, 0.6) is 0 Å². The third kappa shape index (κ3) is 4.46. The first-order valence-corrected chi connectivity index (χ1v) is 7.16. The van der Waals surface area contributed by atoms with E-state index in [1.165, 1.54) is 0 Å². The van der Waals surface area contributed by atoms with Crippen LogP contribution in [-0.4, -0.2) is 35.6 Å². The van der Waals surface area contributed by atoms with E-state index in [9.17, 15) is 0 Å². The Morgan fingerprint density at radius 1 is 1.14 bits per heavy atom. The Morgan fingerprint density at radius 3 is 2.57 bits per heavy atom. The molecule has 0 bridgehead atoms. The summed E-state index contributed by atoms with van der Waals surface area (Å²) >= 11 is 5.98. The van der Waals surface area contributed by atoms with Gasteiger partial charge in [-0.3, -0.25) is 0 Å². The average molecular weight is 307 g/mol. The molecule has 0 atom stereocenters. The molecule has 0 spiro atoms. The second kappa shape index (κ2) is 7.08. The summed E-state index contributed by atoms with van der Waals surface area (Å²) in [6, 6.07) is 7.42. The number of nitrogens with one attached hydrogen (secondary N) is 2. The maximum absolute atomic E-state index is 5.98. The summed E-state index contributed by atoms with van der Waals surface area (Å²) in [4.78, 5) is 14.9. The van der Waals surface area contributed by atoms with Crippen molar-refractivity contribution in [3.05, 3.63) is 29.3 Å². The van der Waals surface area contributed by atoms with Crippen molar-refractivity contribution in [2.75, 3.05) is 36.2 Å². The first kappa shape index (κ1) is 15.3. The largest absolute Gasteiger partial charge is 0.354 e. The summed E-state index contributed by atoms with van der Waals surface area (Å²) in [5.41, 5.74) is 0.833. The normalized spacial score (nSPS) is 10.3. The molecule has 0 aliphatic carbocycles. The van der Waals surface area contributed by atoms with Crippen molar-refractivity contribution in [3.8, 4) is 0 Å². The van der Waals surface area contributed by atoms with E-state index in [-0.39, 0.29) is 0 Å². The van der Waals surface area contributed by atoms with E-state index in [0.29, 0.717) is 22.9 Å². The van der Waals surface area contributed by atoms with Crippen molar-refractivity contribution in [3.63, 3.8) is 0 Å². The molecule has 112 valence electrons. The fraction of sp³-hybridized carbons (Fsp3) is 0.357. The molecule has 0 amide bonds. The second-order valence-corrected chi connectivity index (χ2v) is 5.18. The summed E-state index contributed by atoms with van der Waals surface area (Å²) < 4.78 is 0. The van der Waals surface area contributed by atoms with E-state index in [1.54, 1.807) is 0 Å². The Bertz CT molecular complexity index is 602. The predicted octanol–water partition coefficient (Wildman–Crippen LogP) is 3.16. The van der Waals surface area contributed by atoms with Crippen molar-refractivity contribution in [2.24, 2.45) is 0 Å². The first-order chi connectivity index (χ1) is 10.1. The molecule has 7 heteroatoms. The smallest absolute Gasteiger partial charge is 0.233 e. The molecular formula is C14H19ClN6. The summed E-state index contributed by atoms with van der Waals surface area (Å²) in [5.74, 6) is 1.63. The molecule has 1 aromatic carbocycles. The number of hydrogen-bond acceptors (Lipinski definition) is 6. The molecule has 2 N–H and O–H groups in total. The zero-order valence-electron chi connectivity index (χ0n) is 12.4. The quantitative estimate of drug-likeness (QED) is 0.854. The second-order valence-electron chi connectivity index (χ2n) is 4.74. The van der Waals surface area contributed by atoms with Gasteiger partial charge in [0.1, 0.15) is 0 Å². The van der Waals surface area contributed by atoms with E-state index in [1.807, 2.05) is 43.3 Å². The van der Waals surface area contributed by atoms with Crippen LogP contribution in [0, 0.1) is 0 Å². The van der Waals surface area contributed by atoms with Gasteiger partial charge in [0.15, 0.2) is 0 Å².